The molecule has 1 atom stereocenters. The quantitative estimate of drug-likeness (QED) is 0.662. The first-order chi connectivity index (χ1) is 12.6. The highest BCUT2D eigenvalue weighted by atomic mass is 32.1. The van der Waals surface area contributed by atoms with Crippen LogP contribution in [0.3, 0.4) is 0 Å². The van der Waals surface area contributed by atoms with Crippen molar-refractivity contribution in [3.63, 3.8) is 0 Å². The SMILES string of the molecule is COc1ccc(F)cc1C(C)NC(=O)NCCc1csc2ccccc12. The molecule has 136 valence electrons. The lowest BCUT2D eigenvalue weighted by molar-refractivity contribution is 0.238. The summed E-state index contributed by atoms with van der Waals surface area (Å²) in [6.07, 6.45) is 0.759. The van der Waals surface area contributed by atoms with Gasteiger partial charge in [0, 0.05) is 16.8 Å². The molecule has 3 aromatic rings. The fourth-order valence-corrected chi connectivity index (χ4v) is 3.90. The number of amides is 2. The van der Waals surface area contributed by atoms with Crippen LogP contribution in [0.4, 0.5) is 9.18 Å². The molecule has 0 bridgehead atoms. The maximum absolute atomic E-state index is 13.5. The summed E-state index contributed by atoms with van der Waals surface area (Å²) in [6.45, 7) is 2.32. The monoisotopic (exact) mass is 372 g/mol. The number of hydrogen-bond acceptors (Lipinski definition) is 3. The normalized spacial score (nSPS) is 12.0. The molecular formula is C20H21FN2O2S. The van der Waals surface area contributed by atoms with Gasteiger partial charge in [0.05, 0.1) is 13.2 Å². The molecule has 4 nitrogen and oxygen atoms in total. The van der Waals surface area contributed by atoms with E-state index >= 15 is 0 Å². The number of carbonyl (C=O) groups is 1. The summed E-state index contributed by atoms with van der Waals surface area (Å²) in [7, 11) is 1.52. The van der Waals surface area contributed by atoms with Crippen molar-refractivity contribution in [2.24, 2.45) is 0 Å². The van der Waals surface area contributed by atoms with Crippen LogP contribution in [0.25, 0.3) is 10.1 Å². The zero-order valence-corrected chi connectivity index (χ0v) is 15.5. The summed E-state index contributed by atoms with van der Waals surface area (Å²) in [5.41, 5.74) is 1.83. The van der Waals surface area contributed by atoms with Crippen LogP contribution < -0.4 is 15.4 Å². The van der Waals surface area contributed by atoms with Crippen molar-refractivity contribution in [3.05, 3.63) is 64.8 Å². The zero-order chi connectivity index (χ0) is 18.5. The lowest BCUT2D eigenvalue weighted by Gasteiger charge is -2.18. The minimum Gasteiger partial charge on any atom is -0.496 e. The maximum atomic E-state index is 13.5. The molecule has 26 heavy (non-hydrogen) atoms. The van der Waals surface area contributed by atoms with Gasteiger partial charge in [-0.1, -0.05) is 18.2 Å². The molecule has 1 heterocycles. The topological polar surface area (TPSA) is 50.4 Å². The minimum atomic E-state index is -0.373. The van der Waals surface area contributed by atoms with E-state index in [1.807, 2.05) is 12.1 Å². The van der Waals surface area contributed by atoms with Gasteiger partial charge in [-0.05, 0) is 53.9 Å². The number of carbonyl (C=O) groups excluding carboxylic acids is 1. The van der Waals surface area contributed by atoms with Crippen LogP contribution in [-0.2, 0) is 6.42 Å². The van der Waals surface area contributed by atoms with Crippen molar-refractivity contribution in [1.29, 1.82) is 0 Å². The van der Waals surface area contributed by atoms with Gasteiger partial charge in [0.2, 0.25) is 0 Å². The second-order valence-corrected chi connectivity index (χ2v) is 6.93. The number of rotatable bonds is 6. The summed E-state index contributed by atoms with van der Waals surface area (Å²) in [5.74, 6) is 0.183. The second kappa shape index (κ2) is 8.19. The Morgan fingerprint density at radius 3 is 2.88 bits per heavy atom. The molecule has 0 saturated heterocycles. The lowest BCUT2D eigenvalue weighted by Crippen LogP contribution is -2.38. The number of hydrogen-bond donors (Lipinski definition) is 2. The van der Waals surface area contributed by atoms with Crippen LogP contribution in [-0.4, -0.2) is 19.7 Å². The van der Waals surface area contributed by atoms with E-state index < -0.39 is 0 Å². The number of nitrogens with one attached hydrogen (secondary N) is 2. The first-order valence-corrected chi connectivity index (χ1v) is 9.29. The van der Waals surface area contributed by atoms with Gasteiger partial charge in [-0.25, -0.2) is 9.18 Å². The van der Waals surface area contributed by atoms with Gasteiger partial charge in [-0.15, -0.1) is 11.3 Å². The fraction of sp³-hybridized carbons (Fsp3) is 0.250. The Bertz CT molecular complexity index is 910. The Labute approximate surface area is 156 Å². The summed E-state index contributed by atoms with van der Waals surface area (Å²) < 4.78 is 20.0. The molecule has 0 fully saturated rings. The number of halogens is 1. The Balaban J connectivity index is 1.55. The number of methoxy groups -OCH3 is 1. The van der Waals surface area contributed by atoms with E-state index in [4.69, 9.17) is 4.74 Å². The molecule has 6 heteroatoms. The van der Waals surface area contributed by atoms with Crippen LogP contribution in [0.1, 0.15) is 24.1 Å². The first kappa shape index (κ1) is 18.2. The molecule has 2 aromatic carbocycles. The van der Waals surface area contributed by atoms with E-state index in [1.54, 1.807) is 24.3 Å². The third-order valence-corrected chi connectivity index (χ3v) is 5.26. The first-order valence-electron chi connectivity index (χ1n) is 8.41. The van der Waals surface area contributed by atoms with Crippen LogP contribution in [0.2, 0.25) is 0 Å². The molecule has 0 aliphatic heterocycles. The van der Waals surface area contributed by atoms with E-state index in [2.05, 4.69) is 28.1 Å². The average Bonchev–Trinajstić information content (AvgIpc) is 3.05. The highest BCUT2D eigenvalue weighted by molar-refractivity contribution is 7.17. The maximum Gasteiger partial charge on any atom is 0.315 e. The number of ether oxygens (including phenoxy) is 1. The lowest BCUT2D eigenvalue weighted by atomic mass is 10.1. The average molecular weight is 372 g/mol. The molecule has 1 aromatic heterocycles. The van der Waals surface area contributed by atoms with Gasteiger partial charge >= 0.3 is 6.03 Å². The summed E-state index contributed by atoms with van der Waals surface area (Å²) in [4.78, 5) is 12.1. The number of fused-ring (bicyclic) bond motifs is 1. The molecular weight excluding hydrogens is 351 g/mol. The largest absolute Gasteiger partial charge is 0.496 e. The van der Waals surface area contributed by atoms with Crippen molar-refractivity contribution in [2.75, 3.05) is 13.7 Å². The van der Waals surface area contributed by atoms with E-state index in [9.17, 15) is 9.18 Å². The van der Waals surface area contributed by atoms with E-state index in [-0.39, 0.29) is 17.9 Å². The van der Waals surface area contributed by atoms with Crippen LogP contribution in [0, 0.1) is 5.82 Å². The van der Waals surface area contributed by atoms with Crippen molar-refractivity contribution in [3.8, 4) is 5.75 Å². The number of benzene rings is 2. The highest BCUT2D eigenvalue weighted by Gasteiger charge is 2.15. The molecule has 3 rings (SSSR count). The summed E-state index contributed by atoms with van der Waals surface area (Å²) in [6, 6.07) is 11.8. The van der Waals surface area contributed by atoms with E-state index in [1.165, 1.54) is 34.9 Å². The smallest absolute Gasteiger partial charge is 0.315 e. The van der Waals surface area contributed by atoms with Crippen molar-refractivity contribution >= 4 is 27.5 Å². The number of urea groups is 1. The molecule has 0 spiro atoms. The Morgan fingerprint density at radius 1 is 1.27 bits per heavy atom. The van der Waals surface area contributed by atoms with Crippen molar-refractivity contribution in [1.82, 2.24) is 10.6 Å². The fourth-order valence-electron chi connectivity index (χ4n) is 2.91. The Kier molecular flexibility index (Phi) is 5.73. The molecule has 0 saturated carbocycles. The van der Waals surface area contributed by atoms with Gasteiger partial charge in [0.1, 0.15) is 11.6 Å². The highest BCUT2D eigenvalue weighted by Crippen LogP contribution is 2.26. The number of thiophene rings is 1. The van der Waals surface area contributed by atoms with Gasteiger partial charge in [0.15, 0.2) is 0 Å². The van der Waals surface area contributed by atoms with Gasteiger partial charge < -0.3 is 15.4 Å². The molecule has 0 aliphatic carbocycles. The Morgan fingerprint density at radius 2 is 2.08 bits per heavy atom. The zero-order valence-electron chi connectivity index (χ0n) is 14.7. The molecule has 2 N–H and O–H groups in total. The van der Waals surface area contributed by atoms with Gasteiger partial charge in [0.25, 0.3) is 0 Å². The summed E-state index contributed by atoms with van der Waals surface area (Å²) >= 11 is 1.71. The Hall–Kier alpha value is -2.60. The van der Waals surface area contributed by atoms with Crippen molar-refractivity contribution in [2.45, 2.75) is 19.4 Å². The third kappa shape index (κ3) is 4.14. The van der Waals surface area contributed by atoms with Gasteiger partial charge in [-0.3, -0.25) is 0 Å². The molecule has 2 amide bonds. The second-order valence-electron chi connectivity index (χ2n) is 6.02. The summed E-state index contributed by atoms with van der Waals surface area (Å²) in [5, 5.41) is 9.04. The third-order valence-electron chi connectivity index (χ3n) is 4.25. The van der Waals surface area contributed by atoms with E-state index in [0.29, 0.717) is 17.9 Å². The van der Waals surface area contributed by atoms with Crippen LogP contribution in [0.15, 0.2) is 47.8 Å². The van der Waals surface area contributed by atoms with Gasteiger partial charge in [-0.2, -0.15) is 0 Å². The predicted octanol–water partition coefficient (Wildman–Crippen LogP) is 4.65. The van der Waals surface area contributed by atoms with Crippen molar-refractivity contribution < 1.29 is 13.9 Å². The van der Waals surface area contributed by atoms with Crippen LogP contribution in [0.5, 0.6) is 5.75 Å². The molecule has 1 unspecified atom stereocenters. The minimum absolute atomic E-state index is 0.289. The standard InChI is InChI=1S/C20H21FN2O2S/c1-13(17-11-15(21)7-8-18(17)25-2)23-20(24)22-10-9-14-12-26-19-6-4-3-5-16(14)19/h3-8,11-13H,9-10H2,1-2H3,(H2,22,23,24). The molecule has 0 aliphatic rings. The van der Waals surface area contributed by atoms with E-state index in [0.717, 1.165) is 6.42 Å². The predicted molar refractivity (Wildman–Crippen MR) is 103 cm³/mol. The molecule has 0 radical (unpaired) electrons. The van der Waals surface area contributed by atoms with Crippen LogP contribution >= 0.6 is 11.3 Å².